The lowest BCUT2D eigenvalue weighted by Crippen LogP contribution is -2.33. The monoisotopic (exact) mass is 296 g/mol. The van der Waals surface area contributed by atoms with Crippen LogP contribution in [0.25, 0.3) is 0 Å². The standard InChI is InChI=1S/C15H21ClN2O2/c1-3-7-18-14(19)9-12(17)15(18)10-5-6-13(20-4-2)11(16)8-10/h5-6,8,12,15H,3-4,7,9,17H2,1-2H3. The first-order valence-corrected chi connectivity index (χ1v) is 7.43. The van der Waals surface area contributed by atoms with E-state index in [2.05, 4.69) is 6.92 Å². The van der Waals surface area contributed by atoms with Gasteiger partial charge in [0.1, 0.15) is 5.75 Å². The van der Waals surface area contributed by atoms with Crippen molar-refractivity contribution >= 4 is 17.5 Å². The van der Waals surface area contributed by atoms with Crippen LogP contribution in [-0.4, -0.2) is 30.0 Å². The van der Waals surface area contributed by atoms with Gasteiger partial charge >= 0.3 is 0 Å². The molecule has 0 radical (unpaired) electrons. The van der Waals surface area contributed by atoms with E-state index in [0.29, 0.717) is 23.8 Å². The average molecular weight is 297 g/mol. The van der Waals surface area contributed by atoms with Gasteiger partial charge in [0.2, 0.25) is 5.91 Å². The summed E-state index contributed by atoms with van der Waals surface area (Å²) in [6.45, 7) is 5.27. The third kappa shape index (κ3) is 2.91. The van der Waals surface area contributed by atoms with E-state index >= 15 is 0 Å². The maximum atomic E-state index is 12.0. The summed E-state index contributed by atoms with van der Waals surface area (Å²) in [7, 11) is 0. The van der Waals surface area contributed by atoms with Crippen LogP contribution in [0.1, 0.15) is 38.3 Å². The lowest BCUT2D eigenvalue weighted by Gasteiger charge is -2.27. The van der Waals surface area contributed by atoms with Crippen molar-refractivity contribution in [3.8, 4) is 5.75 Å². The molecule has 0 aliphatic carbocycles. The summed E-state index contributed by atoms with van der Waals surface area (Å²) in [5, 5.41) is 0.562. The Bertz CT molecular complexity index is 493. The number of carbonyl (C=O) groups excluding carboxylic acids is 1. The fourth-order valence-electron chi connectivity index (χ4n) is 2.72. The second kappa shape index (κ2) is 6.46. The normalized spacial score (nSPS) is 22.4. The average Bonchev–Trinajstić information content (AvgIpc) is 2.68. The predicted octanol–water partition coefficient (Wildman–Crippen LogP) is 2.75. The first-order chi connectivity index (χ1) is 9.58. The van der Waals surface area contributed by atoms with Crippen LogP contribution in [0.4, 0.5) is 0 Å². The van der Waals surface area contributed by atoms with E-state index in [1.807, 2.05) is 30.0 Å². The summed E-state index contributed by atoms with van der Waals surface area (Å²) in [6, 6.07) is 5.39. The SMILES string of the molecule is CCCN1C(=O)CC(N)C1c1ccc(OCC)c(Cl)c1. The fourth-order valence-corrected chi connectivity index (χ4v) is 2.97. The van der Waals surface area contributed by atoms with Crippen molar-refractivity contribution in [2.75, 3.05) is 13.2 Å². The van der Waals surface area contributed by atoms with Crippen LogP contribution in [0.5, 0.6) is 5.75 Å². The molecule has 1 amide bonds. The molecular formula is C15H21ClN2O2. The minimum atomic E-state index is -0.178. The molecule has 1 aliphatic heterocycles. The number of amides is 1. The molecule has 1 heterocycles. The summed E-state index contributed by atoms with van der Waals surface area (Å²) in [4.78, 5) is 13.9. The zero-order chi connectivity index (χ0) is 14.7. The van der Waals surface area contributed by atoms with E-state index in [9.17, 15) is 4.79 Å². The lowest BCUT2D eigenvalue weighted by atomic mass is 10.0. The van der Waals surface area contributed by atoms with Gasteiger partial charge in [0.05, 0.1) is 17.7 Å². The van der Waals surface area contributed by atoms with Gasteiger partial charge in [-0.25, -0.2) is 0 Å². The van der Waals surface area contributed by atoms with E-state index in [0.717, 1.165) is 18.5 Å². The molecule has 5 heteroatoms. The van der Waals surface area contributed by atoms with E-state index in [1.54, 1.807) is 0 Å². The highest BCUT2D eigenvalue weighted by molar-refractivity contribution is 6.32. The Labute approximate surface area is 124 Å². The van der Waals surface area contributed by atoms with E-state index < -0.39 is 0 Å². The highest BCUT2D eigenvalue weighted by atomic mass is 35.5. The number of likely N-dealkylation sites (tertiary alicyclic amines) is 1. The molecule has 1 aliphatic rings. The van der Waals surface area contributed by atoms with Crippen molar-refractivity contribution in [2.24, 2.45) is 5.73 Å². The van der Waals surface area contributed by atoms with Gasteiger partial charge in [-0.05, 0) is 31.0 Å². The molecule has 2 rings (SSSR count). The van der Waals surface area contributed by atoms with Gasteiger partial charge in [0.25, 0.3) is 0 Å². The summed E-state index contributed by atoms with van der Waals surface area (Å²) < 4.78 is 5.43. The Kier molecular flexibility index (Phi) is 4.89. The van der Waals surface area contributed by atoms with Crippen molar-refractivity contribution in [3.63, 3.8) is 0 Å². The first kappa shape index (κ1) is 15.1. The number of carbonyl (C=O) groups is 1. The number of nitrogens with two attached hydrogens (primary N) is 1. The Morgan fingerprint density at radius 2 is 2.20 bits per heavy atom. The Hall–Kier alpha value is -1.26. The molecule has 0 aromatic heterocycles. The van der Waals surface area contributed by atoms with Gasteiger partial charge in [-0.1, -0.05) is 24.6 Å². The van der Waals surface area contributed by atoms with E-state index in [4.69, 9.17) is 22.1 Å². The molecule has 1 saturated heterocycles. The summed E-state index contributed by atoms with van der Waals surface area (Å²) >= 11 is 6.23. The fraction of sp³-hybridized carbons (Fsp3) is 0.533. The minimum Gasteiger partial charge on any atom is -0.492 e. The van der Waals surface area contributed by atoms with Crippen LogP contribution in [0, 0.1) is 0 Å². The van der Waals surface area contributed by atoms with Gasteiger partial charge in [-0.15, -0.1) is 0 Å². The molecular weight excluding hydrogens is 276 g/mol. The molecule has 0 spiro atoms. The summed E-state index contributed by atoms with van der Waals surface area (Å²) in [5.74, 6) is 0.784. The molecule has 110 valence electrons. The molecule has 1 fully saturated rings. The number of hydrogen-bond donors (Lipinski definition) is 1. The molecule has 2 N–H and O–H groups in total. The van der Waals surface area contributed by atoms with Crippen LogP contribution in [-0.2, 0) is 4.79 Å². The highest BCUT2D eigenvalue weighted by Crippen LogP contribution is 2.35. The zero-order valence-electron chi connectivity index (χ0n) is 11.9. The molecule has 20 heavy (non-hydrogen) atoms. The molecule has 1 aromatic rings. The molecule has 0 saturated carbocycles. The largest absolute Gasteiger partial charge is 0.492 e. The molecule has 1 aromatic carbocycles. The van der Waals surface area contributed by atoms with Gasteiger partial charge in [0, 0.05) is 19.0 Å². The number of nitrogens with zero attached hydrogens (tertiary/aromatic N) is 1. The quantitative estimate of drug-likeness (QED) is 0.909. The Morgan fingerprint density at radius 3 is 2.80 bits per heavy atom. The van der Waals surface area contributed by atoms with E-state index in [-0.39, 0.29) is 18.0 Å². The van der Waals surface area contributed by atoms with Crippen LogP contribution in [0.2, 0.25) is 5.02 Å². The number of hydrogen-bond acceptors (Lipinski definition) is 3. The first-order valence-electron chi connectivity index (χ1n) is 7.05. The Balaban J connectivity index is 2.29. The van der Waals surface area contributed by atoms with E-state index in [1.165, 1.54) is 0 Å². The minimum absolute atomic E-state index is 0.0874. The number of halogens is 1. The van der Waals surface area contributed by atoms with Gasteiger partial charge in [-0.3, -0.25) is 4.79 Å². The van der Waals surface area contributed by atoms with Crippen LogP contribution in [0.3, 0.4) is 0 Å². The number of benzene rings is 1. The van der Waals surface area contributed by atoms with Crippen molar-refractivity contribution in [1.82, 2.24) is 4.90 Å². The van der Waals surface area contributed by atoms with Crippen LogP contribution < -0.4 is 10.5 Å². The molecule has 2 atom stereocenters. The predicted molar refractivity (Wildman–Crippen MR) is 80.0 cm³/mol. The maximum Gasteiger partial charge on any atom is 0.224 e. The second-order valence-electron chi connectivity index (χ2n) is 5.02. The van der Waals surface area contributed by atoms with Crippen molar-refractivity contribution in [2.45, 2.75) is 38.8 Å². The number of ether oxygens (including phenoxy) is 1. The summed E-state index contributed by atoms with van der Waals surface area (Å²) in [5.41, 5.74) is 7.11. The summed E-state index contributed by atoms with van der Waals surface area (Å²) in [6.07, 6.45) is 1.31. The van der Waals surface area contributed by atoms with Crippen molar-refractivity contribution in [1.29, 1.82) is 0 Å². The van der Waals surface area contributed by atoms with Gasteiger partial charge < -0.3 is 15.4 Å². The second-order valence-corrected chi connectivity index (χ2v) is 5.43. The molecule has 4 nitrogen and oxygen atoms in total. The van der Waals surface area contributed by atoms with Crippen molar-refractivity contribution in [3.05, 3.63) is 28.8 Å². The molecule has 0 bridgehead atoms. The smallest absolute Gasteiger partial charge is 0.224 e. The van der Waals surface area contributed by atoms with Gasteiger partial charge in [0.15, 0.2) is 0 Å². The third-order valence-electron chi connectivity index (χ3n) is 3.53. The lowest BCUT2D eigenvalue weighted by molar-refractivity contribution is -0.129. The van der Waals surface area contributed by atoms with Crippen LogP contribution >= 0.6 is 11.6 Å². The maximum absolute atomic E-state index is 12.0. The van der Waals surface area contributed by atoms with Crippen molar-refractivity contribution < 1.29 is 9.53 Å². The highest BCUT2D eigenvalue weighted by Gasteiger charge is 2.38. The molecule has 2 unspecified atom stereocenters. The van der Waals surface area contributed by atoms with Crippen LogP contribution in [0.15, 0.2) is 18.2 Å². The topological polar surface area (TPSA) is 55.6 Å². The zero-order valence-corrected chi connectivity index (χ0v) is 12.7. The Morgan fingerprint density at radius 1 is 1.45 bits per heavy atom. The third-order valence-corrected chi connectivity index (χ3v) is 3.83. The van der Waals surface area contributed by atoms with Gasteiger partial charge in [-0.2, -0.15) is 0 Å². The number of rotatable bonds is 5.